The maximum absolute atomic E-state index is 4.62. The average molecular weight is 409 g/mol. The molecule has 1 aliphatic heterocycles. The van der Waals surface area contributed by atoms with Crippen molar-refractivity contribution in [2.45, 2.75) is 23.3 Å². The van der Waals surface area contributed by atoms with Gasteiger partial charge in [0.15, 0.2) is 5.82 Å². The Kier molecular flexibility index (Phi) is 6.16. The molecule has 8 nitrogen and oxygen atoms in total. The van der Waals surface area contributed by atoms with Gasteiger partial charge < -0.3 is 15.1 Å². The molecule has 4 rings (SSSR count). The van der Waals surface area contributed by atoms with Crippen molar-refractivity contribution in [3.05, 3.63) is 48.3 Å². The van der Waals surface area contributed by atoms with Crippen LogP contribution in [0, 0.1) is 0 Å². The second-order valence-electron chi connectivity index (χ2n) is 6.82. The number of hydrogen-bond acceptors (Lipinski definition) is 9. The van der Waals surface area contributed by atoms with Gasteiger partial charge in [0, 0.05) is 37.5 Å². The molecule has 1 aromatic carbocycles. The van der Waals surface area contributed by atoms with Crippen LogP contribution < -0.4 is 10.2 Å². The standard InChI is InChI=1S/C20H24N8S/c1-3-16-21-19(24-20(23-16)28-13-11-27(2)12-14-28)22-17-9-10-18(26-25-17)29-15-7-5-4-6-8-15/h4-10H,3,11-14H2,1-2H3,(H,21,22,23,24,25). The Morgan fingerprint density at radius 2 is 1.72 bits per heavy atom. The molecule has 0 aliphatic carbocycles. The van der Waals surface area contributed by atoms with E-state index in [4.69, 9.17) is 0 Å². The number of rotatable bonds is 6. The lowest BCUT2D eigenvalue weighted by Crippen LogP contribution is -2.45. The lowest BCUT2D eigenvalue weighted by molar-refractivity contribution is 0.311. The topological polar surface area (TPSA) is 83.0 Å². The number of anilines is 3. The van der Waals surface area contributed by atoms with Crippen LogP contribution >= 0.6 is 11.8 Å². The van der Waals surface area contributed by atoms with Crippen LogP contribution in [-0.2, 0) is 6.42 Å². The predicted molar refractivity (Wildman–Crippen MR) is 115 cm³/mol. The lowest BCUT2D eigenvalue weighted by atomic mass is 10.3. The van der Waals surface area contributed by atoms with Crippen LogP contribution in [0.15, 0.2) is 52.4 Å². The van der Waals surface area contributed by atoms with E-state index in [0.29, 0.717) is 11.8 Å². The van der Waals surface area contributed by atoms with Crippen molar-refractivity contribution in [3.8, 4) is 0 Å². The highest BCUT2D eigenvalue weighted by atomic mass is 32.2. The van der Waals surface area contributed by atoms with Crippen LogP contribution in [0.25, 0.3) is 0 Å². The fraction of sp³-hybridized carbons (Fsp3) is 0.350. The van der Waals surface area contributed by atoms with Crippen molar-refractivity contribution in [1.29, 1.82) is 0 Å². The van der Waals surface area contributed by atoms with Gasteiger partial charge in [0.05, 0.1) is 0 Å². The molecule has 0 bridgehead atoms. The molecule has 1 saturated heterocycles. The van der Waals surface area contributed by atoms with E-state index in [0.717, 1.165) is 54.3 Å². The number of likely N-dealkylation sites (N-methyl/N-ethyl adjacent to an activating group) is 1. The van der Waals surface area contributed by atoms with Crippen molar-refractivity contribution in [2.75, 3.05) is 43.4 Å². The molecule has 150 valence electrons. The Hall–Kier alpha value is -2.78. The molecule has 0 amide bonds. The molecule has 1 N–H and O–H groups in total. The Bertz CT molecular complexity index is 927. The molecule has 3 aromatic rings. The van der Waals surface area contributed by atoms with Crippen molar-refractivity contribution in [1.82, 2.24) is 30.0 Å². The van der Waals surface area contributed by atoms with Crippen molar-refractivity contribution < 1.29 is 0 Å². The van der Waals surface area contributed by atoms with Gasteiger partial charge in [-0.15, -0.1) is 10.2 Å². The molecular formula is C20H24N8S. The van der Waals surface area contributed by atoms with Crippen LogP contribution in [0.2, 0.25) is 0 Å². The van der Waals surface area contributed by atoms with Gasteiger partial charge in [0.1, 0.15) is 10.9 Å². The summed E-state index contributed by atoms with van der Waals surface area (Å²) in [6, 6.07) is 14.0. The smallest absolute Gasteiger partial charge is 0.233 e. The summed E-state index contributed by atoms with van der Waals surface area (Å²) in [5, 5.41) is 12.6. The van der Waals surface area contributed by atoms with Crippen LogP contribution in [0.4, 0.5) is 17.7 Å². The molecule has 1 fully saturated rings. The Balaban J connectivity index is 1.47. The highest BCUT2D eigenvalue weighted by molar-refractivity contribution is 7.99. The van der Waals surface area contributed by atoms with Crippen LogP contribution in [0.5, 0.6) is 0 Å². The van der Waals surface area contributed by atoms with Gasteiger partial charge in [-0.1, -0.05) is 36.9 Å². The van der Waals surface area contributed by atoms with E-state index in [1.807, 2.05) is 37.3 Å². The quantitative estimate of drug-likeness (QED) is 0.662. The number of benzene rings is 1. The summed E-state index contributed by atoms with van der Waals surface area (Å²) in [5.41, 5.74) is 0. The molecule has 0 unspecified atom stereocenters. The molecule has 9 heteroatoms. The van der Waals surface area contributed by atoms with E-state index >= 15 is 0 Å². The third-order valence-electron chi connectivity index (χ3n) is 4.62. The third kappa shape index (κ3) is 5.18. The molecule has 29 heavy (non-hydrogen) atoms. The minimum absolute atomic E-state index is 0.503. The van der Waals surface area contributed by atoms with Gasteiger partial charge in [-0.25, -0.2) is 0 Å². The molecule has 0 atom stereocenters. The minimum atomic E-state index is 0.503. The van der Waals surface area contributed by atoms with Gasteiger partial charge in [0.25, 0.3) is 0 Å². The van der Waals surface area contributed by atoms with Crippen LogP contribution in [-0.4, -0.2) is 63.3 Å². The summed E-state index contributed by atoms with van der Waals surface area (Å²) >= 11 is 1.58. The van der Waals surface area contributed by atoms with Crippen LogP contribution in [0.3, 0.4) is 0 Å². The minimum Gasteiger partial charge on any atom is -0.338 e. The molecular weight excluding hydrogens is 384 g/mol. The lowest BCUT2D eigenvalue weighted by Gasteiger charge is -2.32. The molecule has 0 radical (unpaired) electrons. The first-order valence-electron chi connectivity index (χ1n) is 9.71. The van der Waals surface area contributed by atoms with Gasteiger partial charge in [-0.05, 0) is 31.3 Å². The first kappa shape index (κ1) is 19.5. The Morgan fingerprint density at radius 1 is 0.931 bits per heavy atom. The zero-order chi connectivity index (χ0) is 20.1. The molecule has 0 saturated carbocycles. The first-order valence-corrected chi connectivity index (χ1v) is 10.5. The maximum atomic E-state index is 4.62. The fourth-order valence-corrected chi connectivity index (χ4v) is 3.69. The van der Waals surface area contributed by atoms with E-state index in [2.05, 4.69) is 59.4 Å². The van der Waals surface area contributed by atoms with E-state index in [-0.39, 0.29) is 0 Å². The van der Waals surface area contributed by atoms with Crippen molar-refractivity contribution in [2.24, 2.45) is 0 Å². The summed E-state index contributed by atoms with van der Waals surface area (Å²) in [7, 11) is 2.13. The van der Waals surface area contributed by atoms with E-state index in [1.54, 1.807) is 11.8 Å². The number of nitrogens with one attached hydrogen (secondary N) is 1. The number of hydrogen-bond donors (Lipinski definition) is 1. The third-order valence-corrected chi connectivity index (χ3v) is 5.55. The zero-order valence-electron chi connectivity index (χ0n) is 16.6. The molecule has 0 spiro atoms. The molecule has 3 heterocycles. The normalized spacial score (nSPS) is 14.8. The van der Waals surface area contributed by atoms with Crippen LogP contribution in [0.1, 0.15) is 12.7 Å². The summed E-state index contributed by atoms with van der Waals surface area (Å²) in [4.78, 5) is 19.4. The maximum Gasteiger partial charge on any atom is 0.233 e. The largest absolute Gasteiger partial charge is 0.338 e. The van der Waals surface area contributed by atoms with E-state index < -0.39 is 0 Å². The average Bonchev–Trinajstić information content (AvgIpc) is 2.76. The predicted octanol–water partition coefficient (Wildman–Crippen LogP) is 2.87. The molecule has 1 aliphatic rings. The van der Waals surface area contributed by atoms with E-state index in [1.165, 1.54) is 0 Å². The SMILES string of the molecule is CCc1nc(Nc2ccc(Sc3ccccc3)nn2)nc(N2CCN(C)CC2)n1. The summed E-state index contributed by atoms with van der Waals surface area (Å²) in [6.45, 7) is 5.87. The summed E-state index contributed by atoms with van der Waals surface area (Å²) in [6.07, 6.45) is 0.746. The van der Waals surface area contributed by atoms with Gasteiger partial charge in [-0.2, -0.15) is 15.0 Å². The van der Waals surface area contributed by atoms with Gasteiger partial charge >= 0.3 is 0 Å². The highest BCUT2D eigenvalue weighted by Crippen LogP contribution is 2.25. The second kappa shape index (κ2) is 9.15. The number of aryl methyl sites for hydroxylation is 1. The van der Waals surface area contributed by atoms with E-state index in [9.17, 15) is 0 Å². The Morgan fingerprint density at radius 3 is 2.41 bits per heavy atom. The second-order valence-corrected chi connectivity index (χ2v) is 7.91. The Labute approximate surface area is 174 Å². The summed E-state index contributed by atoms with van der Waals surface area (Å²) in [5.74, 6) is 2.60. The highest BCUT2D eigenvalue weighted by Gasteiger charge is 2.18. The fourth-order valence-electron chi connectivity index (χ4n) is 2.93. The molecule has 2 aromatic heterocycles. The first-order chi connectivity index (χ1) is 14.2. The number of piperazine rings is 1. The zero-order valence-corrected chi connectivity index (χ0v) is 17.4. The monoisotopic (exact) mass is 408 g/mol. The van der Waals surface area contributed by atoms with Crippen molar-refractivity contribution >= 4 is 29.5 Å². The number of aromatic nitrogens is 5. The summed E-state index contributed by atoms with van der Waals surface area (Å²) < 4.78 is 0. The number of nitrogens with zero attached hydrogens (tertiary/aromatic N) is 7. The van der Waals surface area contributed by atoms with Gasteiger partial charge in [-0.3, -0.25) is 0 Å². The van der Waals surface area contributed by atoms with Crippen molar-refractivity contribution in [3.63, 3.8) is 0 Å². The van der Waals surface area contributed by atoms with Gasteiger partial charge in [0.2, 0.25) is 11.9 Å².